The molecule has 0 aromatic carbocycles. The number of nitrogens with one attached hydrogen (secondary N) is 1. The standard InChI is InChI=1S/C9H17NO2/c1-2-6-10-9(11)8-5-3-4-7-12-8/h8H,2-7H2,1H3,(H,10,11). The van der Waals surface area contributed by atoms with Crippen LogP contribution in [0.3, 0.4) is 0 Å². The smallest absolute Gasteiger partial charge is 0.249 e. The molecule has 1 aliphatic rings. The van der Waals surface area contributed by atoms with Crippen molar-refractivity contribution in [3.05, 3.63) is 0 Å². The lowest BCUT2D eigenvalue weighted by molar-refractivity contribution is -0.135. The molecular formula is C9H17NO2. The highest BCUT2D eigenvalue weighted by molar-refractivity contribution is 5.80. The van der Waals surface area contributed by atoms with Crippen LogP contribution in [0.5, 0.6) is 0 Å². The molecule has 0 aromatic heterocycles. The van der Waals surface area contributed by atoms with Crippen molar-refractivity contribution in [2.75, 3.05) is 13.2 Å². The van der Waals surface area contributed by atoms with Gasteiger partial charge in [-0.1, -0.05) is 6.92 Å². The van der Waals surface area contributed by atoms with E-state index in [9.17, 15) is 4.79 Å². The molecule has 3 nitrogen and oxygen atoms in total. The number of amides is 1. The van der Waals surface area contributed by atoms with Gasteiger partial charge in [-0.3, -0.25) is 4.79 Å². The summed E-state index contributed by atoms with van der Waals surface area (Å²) in [6, 6.07) is 0. The van der Waals surface area contributed by atoms with Crippen LogP contribution >= 0.6 is 0 Å². The van der Waals surface area contributed by atoms with E-state index < -0.39 is 0 Å². The predicted molar refractivity (Wildman–Crippen MR) is 46.9 cm³/mol. The highest BCUT2D eigenvalue weighted by atomic mass is 16.5. The van der Waals surface area contributed by atoms with Crippen LogP contribution in [-0.4, -0.2) is 25.2 Å². The first-order valence-electron chi connectivity index (χ1n) is 4.74. The van der Waals surface area contributed by atoms with Gasteiger partial charge >= 0.3 is 0 Å². The normalized spacial score (nSPS) is 23.6. The molecule has 1 fully saturated rings. The Labute approximate surface area is 73.5 Å². The van der Waals surface area contributed by atoms with Gasteiger partial charge in [0.15, 0.2) is 0 Å². The molecule has 0 bridgehead atoms. The zero-order chi connectivity index (χ0) is 8.81. The molecule has 1 heterocycles. The van der Waals surface area contributed by atoms with Crippen molar-refractivity contribution >= 4 is 5.91 Å². The summed E-state index contributed by atoms with van der Waals surface area (Å²) in [5.74, 6) is 0.0663. The first kappa shape index (κ1) is 9.52. The molecular weight excluding hydrogens is 154 g/mol. The summed E-state index contributed by atoms with van der Waals surface area (Å²) in [5, 5.41) is 2.84. The van der Waals surface area contributed by atoms with E-state index in [1.165, 1.54) is 0 Å². The Balaban J connectivity index is 2.20. The zero-order valence-electron chi connectivity index (χ0n) is 7.64. The fraction of sp³-hybridized carbons (Fsp3) is 0.889. The molecule has 1 rings (SSSR count). The highest BCUT2D eigenvalue weighted by Gasteiger charge is 2.20. The topological polar surface area (TPSA) is 38.3 Å². The first-order valence-corrected chi connectivity index (χ1v) is 4.74. The van der Waals surface area contributed by atoms with Crippen LogP contribution in [0.25, 0.3) is 0 Å². The fourth-order valence-corrected chi connectivity index (χ4v) is 1.31. The van der Waals surface area contributed by atoms with Crippen LogP contribution in [0, 0.1) is 0 Å². The Morgan fingerprint density at radius 1 is 1.58 bits per heavy atom. The van der Waals surface area contributed by atoms with Gasteiger partial charge in [-0.15, -0.1) is 0 Å². The Morgan fingerprint density at radius 2 is 2.42 bits per heavy atom. The maximum atomic E-state index is 11.3. The van der Waals surface area contributed by atoms with Crippen molar-refractivity contribution < 1.29 is 9.53 Å². The van der Waals surface area contributed by atoms with E-state index in [4.69, 9.17) is 4.74 Å². The van der Waals surface area contributed by atoms with E-state index in [0.29, 0.717) is 0 Å². The maximum absolute atomic E-state index is 11.3. The van der Waals surface area contributed by atoms with Crippen LogP contribution < -0.4 is 5.32 Å². The second kappa shape index (κ2) is 5.14. The van der Waals surface area contributed by atoms with E-state index in [0.717, 1.165) is 38.8 Å². The van der Waals surface area contributed by atoms with Crippen molar-refractivity contribution in [1.82, 2.24) is 5.32 Å². The summed E-state index contributed by atoms with van der Waals surface area (Å²) in [4.78, 5) is 11.3. The maximum Gasteiger partial charge on any atom is 0.249 e. The zero-order valence-corrected chi connectivity index (χ0v) is 7.64. The monoisotopic (exact) mass is 171 g/mol. The van der Waals surface area contributed by atoms with Gasteiger partial charge in [0, 0.05) is 13.2 Å². The molecule has 0 saturated carbocycles. The molecule has 1 aliphatic heterocycles. The van der Waals surface area contributed by atoms with Crippen LogP contribution in [-0.2, 0) is 9.53 Å². The average molecular weight is 171 g/mol. The second-order valence-electron chi connectivity index (χ2n) is 3.15. The molecule has 0 aromatic rings. The average Bonchev–Trinajstić information content (AvgIpc) is 2.15. The highest BCUT2D eigenvalue weighted by Crippen LogP contribution is 2.12. The molecule has 1 amide bonds. The van der Waals surface area contributed by atoms with E-state index in [1.54, 1.807) is 0 Å². The minimum atomic E-state index is -0.176. The second-order valence-corrected chi connectivity index (χ2v) is 3.15. The van der Waals surface area contributed by atoms with Crippen molar-refractivity contribution in [1.29, 1.82) is 0 Å². The van der Waals surface area contributed by atoms with Crippen LogP contribution in [0.15, 0.2) is 0 Å². The van der Waals surface area contributed by atoms with E-state index in [1.807, 2.05) is 6.92 Å². The lowest BCUT2D eigenvalue weighted by Crippen LogP contribution is -2.38. The van der Waals surface area contributed by atoms with Crippen molar-refractivity contribution in [2.45, 2.75) is 38.7 Å². The van der Waals surface area contributed by atoms with Gasteiger partial charge < -0.3 is 10.1 Å². The molecule has 1 saturated heterocycles. The number of rotatable bonds is 3. The van der Waals surface area contributed by atoms with Gasteiger partial charge in [-0.25, -0.2) is 0 Å². The molecule has 0 aliphatic carbocycles. The molecule has 0 spiro atoms. The minimum absolute atomic E-state index is 0.0663. The van der Waals surface area contributed by atoms with Crippen molar-refractivity contribution in [3.8, 4) is 0 Å². The summed E-state index contributed by atoms with van der Waals surface area (Å²) < 4.78 is 5.32. The van der Waals surface area contributed by atoms with Gasteiger partial charge in [-0.2, -0.15) is 0 Å². The van der Waals surface area contributed by atoms with E-state index >= 15 is 0 Å². The number of carbonyl (C=O) groups excluding carboxylic acids is 1. The van der Waals surface area contributed by atoms with Crippen molar-refractivity contribution in [2.24, 2.45) is 0 Å². The van der Waals surface area contributed by atoms with Gasteiger partial charge in [0.2, 0.25) is 5.91 Å². The molecule has 0 radical (unpaired) electrons. The Bertz CT molecular complexity index is 141. The lowest BCUT2D eigenvalue weighted by Gasteiger charge is -2.21. The molecule has 1 N–H and O–H groups in total. The van der Waals surface area contributed by atoms with Gasteiger partial charge in [0.25, 0.3) is 0 Å². The van der Waals surface area contributed by atoms with Crippen LogP contribution in [0.4, 0.5) is 0 Å². The Hall–Kier alpha value is -0.570. The summed E-state index contributed by atoms with van der Waals surface area (Å²) in [6.45, 7) is 3.55. The summed E-state index contributed by atoms with van der Waals surface area (Å²) >= 11 is 0. The van der Waals surface area contributed by atoms with Gasteiger partial charge in [0.05, 0.1) is 0 Å². The molecule has 1 atom stereocenters. The van der Waals surface area contributed by atoms with Crippen LogP contribution in [0.2, 0.25) is 0 Å². The Morgan fingerprint density at radius 3 is 3.00 bits per heavy atom. The fourth-order valence-electron chi connectivity index (χ4n) is 1.31. The number of carbonyl (C=O) groups is 1. The predicted octanol–water partition coefficient (Wildman–Crippen LogP) is 1.08. The lowest BCUT2D eigenvalue weighted by atomic mass is 10.1. The molecule has 70 valence electrons. The molecule has 12 heavy (non-hydrogen) atoms. The third-order valence-electron chi connectivity index (χ3n) is 2.02. The summed E-state index contributed by atoms with van der Waals surface area (Å²) in [7, 11) is 0. The number of hydrogen-bond donors (Lipinski definition) is 1. The SMILES string of the molecule is CCCNC(=O)C1CCCCO1. The van der Waals surface area contributed by atoms with Crippen LogP contribution in [0.1, 0.15) is 32.6 Å². The third-order valence-corrected chi connectivity index (χ3v) is 2.02. The third kappa shape index (κ3) is 2.81. The molecule has 3 heteroatoms. The number of ether oxygens (including phenoxy) is 1. The van der Waals surface area contributed by atoms with E-state index in [-0.39, 0.29) is 12.0 Å². The first-order chi connectivity index (χ1) is 5.84. The van der Waals surface area contributed by atoms with Gasteiger partial charge in [0.1, 0.15) is 6.10 Å². The summed E-state index contributed by atoms with van der Waals surface area (Å²) in [5.41, 5.74) is 0. The largest absolute Gasteiger partial charge is 0.368 e. The Kier molecular flexibility index (Phi) is 4.08. The molecule has 1 unspecified atom stereocenters. The van der Waals surface area contributed by atoms with E-state index in [2.05, 4.69) is 5.32 Å². The quantitative estimate of drug-likeness (QED) is 0.690. The number of hydrogen-bond acceptors (Lipinski definition) is 2. The minimum Gasteiger partial charge on any atom is -0.368 e. The van der Waals surface area contributed by atoms with Gasteiger partial charge in [-0.05, 0) is 25.7 Å². The summed E-state index contributed by atoms with van der Waals surface area (Å²) in [6.07, 6.45) is 3.90. The van der Waals surface area contributed by atoms with Crippen molar-refractivity contribution in [3.63, 3.8) is 0 Å².